The number of aromatic nitrogens is 1. The first-order valence-electron chi connectivity index (χ1n) is 8.36. The van der Waals surface area contributed by atoms with Crippen molar-refractivity contribution in [2.45, 2.75) is 0 Å². The number of nitrogens with zero attached hydrogens (tertiary/aromatic N) is 2. The average Bonchev–Trinajstić information content (AvgIpc) is 3.12. The van der Waals surface area contributed by atoms with Crippen molar-refractivity contribution in [2.75, 3.05) is 0 Å². The molecule has 0 radical (unpaired) electrons. The number of halogens is 2. The topological polar surface area (TPSA) is 98.8 Å². The number of aromatic carboxylic acids is 1. The molecule has 0 saturated carbocycles. The molecule has 1 aromatic heterocycles. The summed E-state index contributed by atoms with van der Waals surface area (Å²) >= 11 is 12.3. The van der Waals surface area contributed by atoms with Gasteiger partial charge in [0.15, 0.2) is 5.58 Å². The van der Waals surface area contributed by atoms with Crippen molar-refractivity contribution in [2.24, 2.45) is 4.99 Å². The van der Waals surface area contributed by atoms with Crippen LogP contribution in [-0.4, -0.2) is 22.3 Å². The van der Waals surface area contributed by atoms with E-state index < -0.39 is 5.97 Å². The van der Waals surface area contributed by atoms with Crippen LogP contribution in [0.2, 0.25) is 10.0 Å². The molecule has 0 fully saturated rings. The van der Waals surface area contributed by atoms with E-state index in [9.17, 15) is 9.90 Å². The molecule has 0 aliphatic carbocycles. The summed E-state index contributed by atoms with van der Waals surface area (Å²) in [5, 5.41) is 21.7. The van der Waals surface area contributed by atoms with Crippen LogP contribution < -0.4 is 5.11 Å². The summed E-state index contributed by atoms with van der Waals surface area (Å²) in [4.78, 5) is 19.8. The molecule has 29 heavy (non-hydrogen) atoms. The van der Waals surface area contributed by atoms with Gasteiger partial charge in [0.25, 0.3) is 0 Å². The zero-order valence-corrected chi connectivity index (χ0v) is 16.1. The Labute approximate surface area is 174 Å². The second kappa shape index (κ2) is 7.58. The number of aliphatic imine (C=N–C) groups is 1. The Bertz CT molecular complexity index is 1280. The normalized spacial score (nSPS) is 11.4. The van der Waals surface area contributed by atoms with Gasteiger partial charge in [0.2, 0.25) is 5.89 Å². The molecule has 0 atom stereocenters. The molecule has 0 amide bonds. The zero-order chi connectivity index (χ0) is 20.5. The molecule has 6 nitrogen and oxygen atoms in total. The first-order chi connectivity index (χ1) is 13.9. The Morgan fingerprint density at radius 1 is 1.14 bits per heavy atom. The fraction of sp³-hybridized carbons (Fsp3) is 0. The molecule has 0 bridgehead atoms. The van der Waals surface area contributed by atoms with Crippen LogP contribution in [0.1, 0.15) is 15.9 Å². The van der Waals surface area contributed by atoms with Gasteiger partial charge in [-0.2, -0.15) is 0 Å². The van der Waals surface area contributed by atoms with Crippen molar-refractivity contribution < 1.29 is 19.4 Å². The second-order valence-electron chi connectivity index (χ2n) is 6.09. The van der Waals surface area contributed by atoms with Gasteiger partial charge in [-0.15, -0.1) is 5.75 Å². The van der Waals surface area contributed by atoms with E-state index in [4.69, 9.17) is 32.7 Å². The Balaban J connectivity index is 1.68. The first-order valence-corrected chi connectivity index (χ1v) is 9.11. The van der Waals surface area contributed by atoms with E-state index >= 15 is 0 Å². The van der Waals surface area contributed by atoms with E-state index in [-0.39, 0.29) is 16.9 Å². The minimum Gasteiger partial charge on any atom is -0.872 e. The van der Waals surface area contributed by atoms with E-state index in [0.29, 0.717) is 38.3 Å². The Hall–Kier alpha value is -3.35. The van der Waals surface area contributed by atoms with Crippen LogP contribution in [0.25, 0.3) is 22.6 Å². The van der Waals surface area contributed by atoms with Crippen LogP contribution in [0.3, 0.4) is 0 Å². The summed E-state index contributed by atoms with van der Waals surface area (Å²) < 4.78 is 5.75. The number of oxazole rings is 1. The van der Waals surface area contributed by atoms with Crippen LogP contribution in [0, 0.1) is 0 Å². The predicted molar refractivity (Wildman–Crippen MR) is 110 cm³/mol. The van der Waals surface area contributed by atoms with Gasteiger partial charge in [-0.3, -0.25) is 4.99 Å². The number of fused-ring (bicyclic) bond motifs is 1. The third kappa shape index (κ3) is 3.81. The van der Waals surface area contributed by atoms with Gasteiger partial charge in [-0.1, -0.05) is 35.3 Å². The largest absolute Gasteiger partial charge is 0.872 e. The summed E-state index contributed by atoms with van der Waals surface area (Å²) in [6, 6.07) is 14.0. The van der Waals surface area contributed by atoms with Crippen LogP contribution >= 0.6 is 23.2 Å². The van der Waals surface area contributed by atoms with E-state index in [1.807, 2.05) is 0 Å². The van der Waals surface area contributed by atoms with Gasteiger partial charge >= 0.3 is 5.97 Å². The molecule has 0 aliphatic heterocycles. The second-order valence-corrected chi connectivity index (χ2v) is 6.87. The van der Waals surface area contributed by atoms with Crippen LogP contribution in [0.15, 0.2) is 64.0 Å². The number of hydrogen-bond donors (Lipinski definition) is 1. The minimum atomic E-state index is -1.11. The maximum atomic E-state index is 11.9. The number of carboxylic acids is 1. The molecule has 1 N–H and O–H groups in total. The fourth-order valence-corrected chi connectivity index (χ4v) is 3.09. The van der Waals surface area contributed by atoms with Crippen molar-refractivity contribution in [3.8, 4) is 17.2 Å². The lowest BCUT2D eigenvalue weighted by atomic mass is 10.1. The predicted octanol–water partition coefficient (Wildman–Crippen LogP) is 5.32. The minimum absolute atomic E-state index is 0.0149. The highest BCUT2D eigenvalue weighted by molar-refractivity contribution is 6.43. The SMILES string of the molecule is O=C(O)c1ccc([O-])c(C=Nc2ccc3oc(-c4cccc(Cl)c4Cl)nc3c2)c1. The molecule has 0 aliphatic rings. The van der Waals surface area contributed by atoms with Crippen LogP contribution in [0.4, 0.5) is 5.69 Å². The summed E-state index contributed by atoms with van der Waals surface area (Å²) in [5.41, 5.74) is 2.37. The third-order valence-electron chi connectivity index (χ3n) is 4.16. The maximum Gasteiger partial charge on any atom is 0.335 e. The Kier molecular flexibility index (Phi) is 4.96. The lowest BCUT2D eigenvalue weighted by molar-refractivity contribution is -0.268. The van der Waals surface area contributed by atoms with Gasteiger partial charge < -0.3 is 14.6 Å². The molecule has 8 heteroatoms. The van der Waals surface area contributed by atoms with Crippen molar-refractivity contribution in [1.29, 1.82) is 0 Å². The summed E-state index contributed by atoms with van der Waals surface area (Å²) in [6.07, 6.45) is 1.32. The number of carbonyl (C=O) groups is 1. The Morgan fingerprint density at radius 2 is 1.97 bits per heavy atom. The van der Waals surface area contributed by atoms with Gasteiger partial charge in [0.05, 0.1) is 26.9 Å². The van der Waals surface area contributed by atoms with Gasteiger partial charge in [-0.05, 0) is 48.0 Å². The van der Waals surface area contributed by atoms with Crippen LogP contribution in [0.5, 0.6) is 5.75 Å². The molecule has 0 spiro atoms. The first kappa shape index (κ1) is 19.0. The van der Waals surface area contributed by atoms with E-state index in [1.54, 1.807) is 36.4 Å². The van der Waals surface area contributed by atoms with Crippen LogP contribution in [-0.2, 0) is 0 Å². The van der Waals surface area contributed by atoms with Crippen molar-refractivity contribution in [3.05, 3.63) is 75.8 Å². The van der Waals surface area contributed by atoms with Gasteiger partial charge in [0, 0.05) is 6.21 Å². The highest BCUT2D eigenvalue weighted by Crippen LogP contribution is 2.35. The summed E-state index contributed by atoms with van der Waals surface area (Å²) in [6.45, 7) is 0. The quantitative estimate of drug-likeness (QED) is 0.445. The lowest BCUT2D eigenvalue weighted by Crippen LogP contribution is -2.01. The highest BCUT2D eigenvalue weighted by Gasteiger charge is 2.13. The highest BCUT2D eigenvalue weighted by atomic mass is 35.5. The molecule has 0 saturated heterocycles. The lowest BCUT2D eigenvalue weighted by Gasteiger charge is -2.09. The summed E-state index contributed by atoms with van der Waals surface area (Å²) in [7, 11) is 0. The molecule has 0 unspecified atom stereocenters. The van der Waals surface area contributed by atoms with Gasteiger partial charge in [0.1, 0.15) is 5.52 Å². The molecule has 144 valence electrons. The number of hydrogen-bond acceptors (Lipinski definition) is 5. The van der Waals surface area contributed by atoms with Crippen molar-refractivity contribution in [3.63, 3.8) is 0 Å². The average molecular weight is 426 g/mol. The molecule has 1 heterocycles. The molecule has 4 aromatic rings. The van der Waals surface area contributed by atoms with Crippen molar-refractivity contribution in [1.82, 2.24) is 4.98 Å². The summed E-state index contributed by atoms with van der Waals surface area (Å²) in [5.74, 6) is -1.11. The van der Waals surface area contributed by atoms with E-state index in [0.717, 1.165) is 0 Å². The number of carboxylic acid groups (broad SMARTS) is 1. The standard InChI is InChI=1S/C21H12Cl2N2O4/c22-15-3-1-2-14(19(15)23)20-25-16-9-13(5-7-18(16)29-20)24-10-12-8-11(21(27)28)4-6-17(12)26/h1-10,26H,(H,27,28)/p-1. The smallest absolute Gasteiger partial charge is 0.335 e. The third-order valence-corrected chi connectivity index (χ3v) is 4.98. The molecular weight excluding hydrogens is 415 g/mol. The fourth-order valence-electron chi connectivity index (χ4n) is 2.71. The van der Waals surface area contributed by atoms with E-state index in [2.05, 4.69) is 9.98 Å². The van der Waals surface area contributed by atoms with Gasteiger partial charge in [-0.25, -0.2) is 9.78 Å². The number of benzene rings is 3. The number of rotatable bonds is 4. The van der Waals surface area contributed by atoms with E-state index in [1.165, 1.54) is 24.4 Å². The Morgan fingerprint density at radius 3 is 2.76 bits per heavy atom. The molecule has 4 rings (SSSR count). The van der Waals surface area contributed by atoms with Crippen molar-refractivity contribution >= 4 is 52.2 Å². The monoisotopic (exact) mass is 425 g/mol. The maximum absolute atomic E-state index is 11.9. The molecular formula is C21H11Cl2N2O4-. The zero-order valence-electron chi connectivity index (χ0n) is 14.6. The molecule has 3 aromatic carbocycles.